The minimum Gasteiger partial charge on any atom is -0.505 e. The molecule has 1 aliphatic rings. The number of benzene rings is 2. The topological polar surface area (TPSA) is 128 Å². The van der Waals surface area contributed by atoms with E-state index in [2.05, 4.69) is 42.9 Å². The summed E-state index contributed by atoms with van der Waals surface area (Å²) in [5, 5.41) is 10.9. The number of rotatable bonds is 8. The molecular weight excluding hydrogens is 490 g/mol. The van der Waals surface area contributed by atoms with E-state index in [9.17, 15) is 9.90 Å². The number of carbonyl (C=O) groups excluding carboxylic acids is 1. The van der Waals surface area contributed by atoms with Crippen LogP contribution in [-0.4, -0.2) is 47.8 Å². The van der Waals surface area contributed by atoms with E-state index in [1.807, 2.05) is 44.2 Å². The summed E-state index contributed by atoms with van der Waals surface area (Å²) in [6.07, 6.45) is 9.01. The number of aryl methyl sites for hydroxylation is 1. The first-order chi connectivity index (χ1) is 18.4. The lowest BCUT2D eigenvalue weighted by molar-refractivity contribution is -0.529. The number of nitrogens with zero attached hydrogens (tertiary/aromatic N) is 2. The number of amides is 1. The molecule has 0 saturated heterocycles. The van der Waals surface area contributed by atoms with Gasteiger partial charge in [-0.15, -0.1) is 0 Å². The maximum Gasteiger partial charge on any atom is 0.309 e. The molecule has 2 aromatic rings. The Bertz CT molecular complexity index is 1300. The Morgan fingerprint density at radius 2 is 1.97 bits per heavy atom. The number of amidine groups is 2. The van der Waals surface area contributed by atoms with E-state index in [-0.39, 0.29) is 52.0 Å². The van der Waals surface area contributed by atoms with Gasteiger partial charge in [0, 0.05) is 24.6 Å². The predicted molar refractivity (Wildman–Crippen MR) is 157 cm³/mol. The number of nitrogens with one attached hydrogen (secondary N) is 1. The summed E-state index contributed by atoms with van der Waals surface area (Å²) in [7, 11) is 1.72. The molecular formula is C31H42N5O3+. The smallest absolute Gasteiger partial charge is 0.309 e. The number of nitrogens with two attached hydrogens (primary N) is 2. The van der Waals surface area contributed by atoms with Gasteiger partial charge in [-0.2, -0.15) is 0 Å². The number of aromatic hydroxyl groups is 1. The maximum absolute atomic E-state index is 13.1. The first-order valence-electron chi connectivity index (χ1n) is 13.3. The van der Waals surface area contributed by atoms with Crippen molar-refractivity contribution in [3.63, 3.8) is 0 Å². The van der Waals surface area contributed by atoms with Crippen LogP contribution in [0.4, 0.5) is 5.69 Å². The molecule has 208 valence electrons. The highest BCUT2D eigenvalue weighted by molar-refractivity contribution is 6.37. The maximum atomic E-state index is 13.1. The minimum absolute atomic E-state index is 0.00813. The second kappa shape index (κ2) is 12.7. The third kappa shape index (κ3) is 7.50. The van der Waals surface area contributed by atoms with Crippen LogP contribution in [0.25, 0.3) is 0 Å². The van der Waals surface area contributed by atoms with Gasteiger partial charge in [-0.1, -0.05) is 63.3 Å². The van der Waals surface area contributed by atoms with Crippen LogP contribution in [0.15, 0.2) is 65.7 Å². The van der Waals surface area contributed by atoms with Gasteiger partial charge in [-0.25, -0.2) is 4.99 Å². The van der Waals surface area contributed by atoms with Crippen molar-refractivity contribution in [2.75, 3.05) is 20.2 Å². The molecule has 3 rings (SSSR count). The predicted octanol–water partition coefficient (Wildman–Crippen LogP) is 3.52. The Labute approximate surface area is 231 Å². The van der Waals surface area contributed by atoms with Gasteiger partial charge in [0.25, 0.3) is 5.91 Å². The fraction of sp³-hybridized carbons (Fsp3) is 0.387. The highest BCUT2D eigenvalue weighted by atomic mass is 16.5. The molecule has 1 amide bonds. The number of ether oxygens (including phenoxy) is 1. The average molecular weight is 533 g/mol. The highest BCUT2D eigenvalue weighted by Gasteiger charge is 2.30. The monoisotopic (exact) mass is 532 g/mol. The Kier molecular flexibility index (Phi) is 9.56. The first kappa shape index (κ1) is 29.5. The Morgan fingerprint density at radius 3 is 2.62 bits per heavy atom. The molecule has 0 aromatic heterocycles. The molecule has 0 radical (unpaired) electrons. The summed E-state index contributed by atoms with van der Waals surface area (Å²) in [5.41, 5.74) is 14.8. The number of hydrogen-bond acceptors (Lipinski definition) is 4. The number of phenolic OH excluding ortho intramolecular Hbond substituents is 1. The van der Waals surface area contributed by atoms with Gasteiger partial charge in [0.1, 0.15) is 17.5 Å². The molecule has 1 unspecified atom stereocenters. The number of aliphatic imine (C=N–C) groups is 1. The van der Waals surface area contributed by atoms with Gasteiger partial charge in [0.05, 0.1) is 12.2 Å². The lowest BCUT2D eigenvalue weighted by atomic mass is 9.82. The zero-order valence-corrected chi connectivity index (χ0v) is 23.9. The van der Waals surface area contributed by atoms with Crippen LogP contribution < -0.4 is 21.2 Å². The van der Waals surface area contributed by atoms with Crippen LogP contribution in [0.5, 0.6) is 11.5 Å². The van der Waals surface area contributed by atoms with E-state index in [0.29, 0.717) is 13.2 Å². The van der Waals surface area contributed by atoms with Gasteiger partial charge in [-0.3, -0.25) is 15.5 Å². The molecule has 0 saturated carbocycles. The van der Waals surface area contributed by atoms with Gasteiger partial charge in [0.2, 0.25) is 5.84 Å². The summed E-state index contributed by atoms with van der Waals surface area (Å²) in [6.45, 7) is 11.4. The third-order valence-corrected chi connectivity index (χ3v) is 6.70. The summed E-state index contributed by atoms with van der Waals surface area (Å²) >= 11 is 0. The number of carbonyl (C=O) groups is 1. The highest BCUT2D eigenvalue weighted by Crippen LogP contribution is 2.33. The number of allylic oxidation sites excluding steroid dienone is 3. The van der Waals surface area contributed by atoms with E-state index in [0.717, 1.165) is 23.3 Å². The molecule has 8 heteroatoms. The van der Waals surface area contributed by atoms with E-state index in [4.69, 9.17) is 16.2 Å². The van der Waals surface area contributed by atoms with Crippen molar-refractivity contribution in [1.29, 1.82) is 0 Å². The number of para-hydroxylation sites is 1. The van der Waals surface area contributed by atoms with E-state index >= 15 is 0 Å². The molecule has 0 heterocycles. The Balaban J connectivity index is 1.88. The van der Waals surface area contributed by atoms with Gasteiger partial charge in [0.15, 0.2) is 5.75 Å². The largest absolute Gasteiger partial charge is 0.505 e. The van der Waals surface area contributed by atoms with Crippen LogP contribution in [0.1, 0.15) is 61.6 Å². The van der Waals surface area contributed by atoms with E-state index in [1.165, 1.54) is 0 Å². The van der Waals surface area contributed by atoms with Gasteiger partial charge >= 0.3 is 5.84 Å². The molecule has 39 heavy (non-hydrogen) atoms. The molecule has 0 bridgehead atoms. The summed E-state index contributed by atoms with van der Waals surface area (Å²) in [5.74, 6) is 0.693. The van der Waals surface area contributed by atoms with Crippen LogP contribution in [-0.2, 0) is 0 Å². The lowest BCUT2D eigenvalue weighted by Gasteiger charge is -2.26. The SMILES string of the molecule is CCOc1cc([C@H]([NH+]=C(N)C(N)=Nc2cccc(C(=O)N(C)CC3C=CC=CC3)c2O)C(C)(C)C)ccc1C. The van der Waals surface area contributed by atoms with Crippen molar-refractivity contribution in [1.82, 2.24) is 4.90 Å². The Hall–Kier alpha value is -4.07. The number of hydrogen-bond donors (Lipinski definition) is 4. The van der Waals surface area contributed by atoms with Crippen LogP contribution in [0.2, 0.25) is 0 Å². The zero-order valence-electron chi connectivity index (χ0n) is 23.9. The molecule has 0 spiro atoms. The van der Waals surface area contributed by atoms with Crippen LogP contribution >= 0.6 is 0 Å². The van der Waals surface area contributed by atoms with Gasteiger partial charge < -0.3 is 20.5 Å². The van der Waals surface area contributed by atoms with E-state index < -0.39 is 0 Å². The van der Waals surface area contributed by atoms with Crippen molar-refractivity contribution < 1.29 is 19.6 Å². The standard InChI is InChI=1S/C31H41N5O3/c1-7-39-25-18-22(17-16-20(25)2)27(31(3,4)5)35-29(33)28(32)34-24-15-11-14-23(26(24)37)30(38)36(6)19-21-12-9-8-10-13-21/h8-12,14-18,21,27,37H,7,13,19H2,1-6H3,(H2,32,34)(H2,33,35)/p+1/t21?,27-/m0/s1. The van der Waals surface area contributed by atoms with Crippen molar-refractivity contribution in [3.8, 4) is 11.5 Å². The molecule has 0 aliphatic heterocycles. The van der Waals surface area contributed by atoms with Crippen molar-refractivity contribution in [2.45, 2.75) is 47.1 Å². The average Bonchev–Trinajstić information content (AvgIpc) is 2.89. The molecule has 2 aromatic carbocycles. The molecule has 8 nitrogen and oxygen atoms in total. The molecule has 1 aliphatic carbocycles. The van der Waals surface area contributed by atoms with Crippen molar-refractivity contribution in [3.05, 3.63) is 77.4 Å². The first-order valence-corrected chi connectivity index (χ1v) is 13.3. The fourth-order valence-electron chi connectivity index (χ4n) is 4.53. The molecule has 2 atom stereocenters. The van der Waals surface area contributed by atoms with Crippen molar-refractivity contribution >= 4 is 23.3 Å². The lowest BCUT2D eigenvalue weighted by Crippen LogP contribution is -2.81. The fourth-order valence-corrected chi connectivity index (χ4v) is 4.53. The van der Waals surface area contributed by atoms with Crippen molar-refractivity contribution in [2.24, 2.45) is 27.8 Å². The normalized spacial score (nSPS) is 16.7. The van der Waals surface area contributed by atoms with E-state index in [1.54, 1.807) is 30.1 Å². The minimum atomic E-state index is -0.293. The van der Waals surface area contributed by atoms with Crippen LogP contribution in [0.3, 0.4) is 0 Å². The molecule has 0 fully saturated rings. The zero-order chi connectivity index (χ0) is 28.7. The quantitative estimate of drug-likeness (QED) is 0.306. The van der Waals surface area contributed by atoms with Gasteiger partial charge in [-0.05, 0) is 49.9 Å². The molecule has 6 N–H and O–H groups in total. The second-order valence-corrected chi connectivity index (χ2v) is 11.0. The van der Waals surface area contributed by atoms with Crippen LogP contribution in [0, 0.1) is 18.3 Å². The summed E-state index contributed by atoms with van der Waals surface area (Å²) in [4.78, 5) is 22.4. The second-order valence-electron chi connectivity index (χ2n) is 11.0. The Morgan fingerprint density at radius 1 is 1.23 bits per heavy atom. The summed E-state index contributed by atoms with van der Waals surface area (Å²) in [6, 6.07) is 10.7. The number of phenols is 1. The summed E-state index contributed by atoms with van der Waals surface area (Å²) < 4.78 is 5.80. The third-order valence-electron chi connectivity index (χ3n) is 6.70.